The summed E-state index contributed by atoms with van der Waals surface area (Å²) in [6.45, 7) is 6.79. The first-order valence-electron chi connectivity index (χ1n) is 6.76. The molecule has 0 bridgehead atoms. The highest BCUT2D eigenvalue weighted by Crippen LogP contribution is 2.27. The standard InChI is InChI=1S/C13H24N2O2/c1-9(2)10-5-6-15(8-10)13(16)12-4-3-11(7-14)17-12/h9-12H,3-8,14H2,1-2H3/t10?,11-,12+/m1/s1. The fourth-order valence-corrected chi connectivity index (χ4v) is 2.80. The van der Waals surface area contributed by atoms with E-state index >= 15 is 0 Å². The number of carbonyl (C=O) groups is 1. The number of rotatable bonds is 3. The van der Waals surface area contributed by atoms with E-state index in [1.807, 2.05) is 4.90 Å². The maximum absolute atomic E-state index is 12.2. The average molecular weight is 240 g/mol. The predicted octanol–water partition coefficient (Wildman–Crippen LogP) is 0.997. The van der Waals surface area contributed by atoms with Gasteiger partial charge in [-0.1, -0.05) is 13.8 Å². The first-order chi connectivity index (χ1) is 8.11. The second kappa shape index (κ2) is 5.36. The highest BCUT2D eigenvalue weighted by atomic mass is 16.5. The SMILES string of the molecule is CC(C)C1CCN(C(=O)[C@@H]2CC[C@H](CN)O2)C1. The molecule has 0 spiro atoms. The van der Waals surface area contributed by atoms with Crippen LogP contribution in [0.5, 0.6) is 0 Å². The van der Waals surface area contributed by atoms with E-state index in [1.54, 1.807) is 0 Å². The van der Waals surface area contributed by atoms with Gasteiger partial charge in [0.05, 0.1) is 6.10 Å². The lowest BCUT2D eigenvalue weighted by molar-refractivity contribution is -0.141. The highest BCUT2D eigenvalue weighted by Gasteiger charge is 2.36. The Kier molecular flexibility index (Phi) is 4.05. The zero-order valence-electron chi connectivity index (χ0n) is 10.9. The lowest BCUT2D eigenvalue weighted by Gasteiger charge is -2.21. The molecule has 2 saturated heterocycles. The molecule has 4 nitrogen and oxygen atoms in total. The fourth-order valence-electron chi connectivity index (χ4n) is 2.80. The van der Waals surface area contributed by atoms with Gasteiger partial charge in [0.15, 0.2) is 0 Å². The van der Waals surface area contributed by atoms with Crippen molar-refractivity contribution in [1.82, 2.24) is 4.90 Å². The Morgan fingerprint density at radius 1 is 1.41 bits per heavy atom. The minimum atomic E-state index is -0.227. The molecule has 2 aliphatic rings. The molecule has 2 N–H and O–H groups in total. The van der Waals surface area contributed by atoms with Crippen molar-refractivity contribution >= 4 is 5.91 Å². The summed E-state index contributed by atoms with van der Waals surface area (Å²) in [5.41, 5.74) is 5.56. The summed E-state index contributed by atoms with van der Waals surface area (Å²) in [5, 5.41) is 0. The van der Waals surface area contributed by atoms with Gasteiger partial charge >= 0.3 is 0 Å². The Hall–Kier alpha value is -0.610. The second-order valence-corrected chi connectivity index (χ2v) is 5.64. The van der Waals surface area contributed by atoms with Crippen LogP contribution in [0.4, 0.5) is 0 Å². The summed E-state index contributed by atoms with van der Waals surface area (Å²) in [7, 11) is 0. The summed E-state index contributed by atoms with van der Waals surface area (Å²) in [5.74, 6) is 1.50. The van der Waals surface area contributed by atoms with E-state index in [0.717, 1.165) is 32.4 Å². The quantitative estimate of drug-likeness (QED) is 0.800. The van der Waals surface area contributed by atoms with E-state index < -0.39 is 0 Å². The van der Waals surface area contributed by atoms with Crippen LogP contribution < -0.4 is 5.73 Å². The summed E-state index contributed by atoms with van der Waals surface area (Å²) < 4.78 is 5.66. The van der Waals surface area contributed by atoms with Crippen LogP contribution in [-0.4, -0.2) is 42.6 Å². The fraction of sp³-hybridized carbons (Fsp3) is 0.923. The molecule has 17 heavy (non-hydrogen) atoms. The van der Waals surface area contributed by atoms with E-state index in [2.05, 4.69) is 13.8 Å². The zero-order chi connectivity index (χ0) is 12.4. The van der Waals surface area contributed by atoms with Crippen LogP contribution in [-0.2, 0) is 9.53 Å². The lowest BCUT2D eigenvalue weighted by atomic mass is 9.95. The third-order valence-corrected chi connectivity index (χ3v) is 4.13. The number of nitrogens with zero attached hydrogens (tertiary/aromatic N) is 1. The number of likely N-dealkylation sites (tertiary alicyclic amines) is 1. The Labute approximate surface area is 103 Å². The molecule has 0 aromatic carbocycles. The molecule has 0 aliphatic carbocycles. The molecule has 3 atom stereocenters. The number of amides is 1. The van der Waals surface area contributed by atoms with Gasteiger partial charge in [-0.15, -0.1) is 0 Å². The van der Waals surface area contributed by atoms with Gasteiger partial charge < -0.3 is 15.4 Å². The number of hydrogen-bond acceptors (Lipinski definition) is 3. The van der Waals surface area contributed by atoms with Crippen LogP contribution in [0.1, 0.15) is 33.1 Å². The number of ether oxygens (including phenoxy) is 1. The molecule has 2 fully saturated rings. The van der Waals surface area contributed by atoms with Crippen LogP contribution in [0.25, 0.3) is 0 Å². The van der Waals surface area contributed by atoms with E-state index in [1.165, 1.54) is 0 Å². The monoisotopic (exact) mass is 240 g/mol. The second-order valence-electron chi connectivity index (χ2n) is 5.64. The molecule has 2 heterocycles. The number of nitrogens with two attached hydrogens (primary N) is 1. The van der Waals surface area contributed by atoms with Gasteiger partial charge in [-0.25, -0.2) is 0 Å². The van der Waals surface area contributed by atoms with E-state index in [4.69, 9.17) is 10.5 Å². The van der Waals surface area contributed by atoms with Crippen molar-refractivity contribution in [2.24, 2.45) is 17.6 Å². The van der Waals surface area contributed by atoms with E-state index in [9.17, 15) is 4.79 Å². The topological polar surface area (TPSA) is 55.6 Å². The maximum atomic E-state index is 12.2. The van der Waals surface area contributed by atoms with Gasteiger partial charge in [0, 0.05) is 19.6 Å². The number of hydrogen-bond donors (Lipinski definition) is 1. The smallest absolute Gasteiger partial charge is 0.251 e. The first-order valence-corrected chi connectivity index (χ1v) is 6.76. The van der Waals surface area contributed by atoms with Gasteiger partial charge in [-0.05, 0) is 31.1 Å². The third kappa shape index (κ3) is 2.80. The van der Waals surface area contributed by atoms with Crippen molar-refractivity contribution in [2.75, 3.05) is 19.6 Å². The molecule has 0 aromatic heterocycles. The Bertz CT molecular complexity index is 281. The molecule has 0 radical (unpaired) electrons. The van der Waals surface area contributed by atoms with Crippen LogP contribution in [0.3, 0.4) is 0 Å². The normalized spacial score (nSPS) is 33.6. The van der Waals surface area contributed by atoms with Gasteiger partial charge in [0.25, 0.3) is 5.91 Å². The van der Waals surface area contributed by atoms with Crippen LogP contribution >= 0.6 is 0 Å². The molecular formula is C13H24N2O2. The lowest BCUT2D eigenvalue weighted by Crippen LogP contribution is -2.38. The van der Waals surface area contributed by atoms with Crippen molar-refractivity contribution in [3.8, 4) is 0 Å². The van der Waals surface area contributed by atoms with E-state index in [-0.39, 0.29) is 18.1 Å². The summed E-state index contributed by atoms with van der Waals surface area (Å²) in [6.07, 6.45) is 2.76. The molecule has 0 saturated carbocycles. The van der Waals surface area contributed by atoms with Crippen molar-refractivity contribution in [1.29, 1.82) is 0 Å². The van der Waals surface area contributed by atoms with Crippen LogP contribution in [0.15, 0.2) is 0 Å². The van der Waals surface area contributed by atoms with Crippen LogP contribution in [0.2, 0.25) is 0 Å². The summed E-state index contributed by atoms with van der Waals surface area (Å²) >= 11 is 0. The van der Waals surface area contributed by atoms with E-state index in [0.29, 0.717) is 18.4 Å². The highest BCUT2D eigenvalue weighted by molar-refractivity contribution is 5.81. The molecule has 0 aromatic rings. The number of carbonyl (C=O) groups excluding carboxylic acids is 1. The third-order valence-electron chi connectivity index (χ3n) is 4.13. The van der Waals surface area contributed by atoms with Gasteiger partial charge in [0.2, 0.25) is 0 Å². The first kappa shape index (κ1) is 12.8. The van der Waals surface area contributed by atoms with Crippen molar-refractivity contribution in [3.05, 3.63) is 0 Å². The van der Waals surface area contributed by atoms with Gasteiger partial charge in [0.1, 0.15) is 6.10 Å². The van der Waals surface area contributed by atoms with Gasteiger partial charge in [-0.2, -0.15) is 0 Å². The minimum Gasteiger partial charge on any atom is -0.364 e. The van der Waals surface area contributed by atoms with Gasteiger partial charge in [-0.3, -0.25) is 4.79 Å². The average Bonchev–Trinajstić information content (AvgIpc) is 2.97. The Balaban J connectivity index is 1.85. The molecule has 4 heteroatoms. The maximum Gasteiger partial charge on any atom is 0.251 e. The molecule has 1 unspecified atom stereocenters. The molecule has 1 amide bonds. The molecular weight excluding hydrogens is 216 g/mol. The van der Waals surface area contributed by atoms with Crippen molar-refractivity contribution in [3.63, 3.8) is 0 Å². The largest absolute Gasteiger partial charge is 0.364 e. The molecule has 2 rings (SSSR count). The zero-order valence-corrected chi connectivity index (χ0v) is 10.9. The summed E-state index contributed by atoms with van der Waals surface area (Å²) in [4.78, 5) is 14.2. The predicted molar refractivity (Wildman–Crippen MR) is 66.5 cm³/mol. The Morgan fingerprint density at radius 2 is 2.18 bits per heavy atom. The Morgan fingerprint density at radius 3 is 2.71 bits per heavy atom. The van der Waals surface area contributed by atoms with Crippen molar-refractivity contribution < 1.29 is 9.53 Å². The minimum absolute atomic E-state index is 0.0902. The molecule has 2 aliphatic heterocycles. The summed E-state index contributed by atoms with van der Waals surface area (Å²) in [6, 6.07) is 0. The molecule has 98 valence electrons. The van der Waals surface area contributed by atoms with Crippen molar-refractivity contribution in [2.45, 2.75) is 45.3 Å². The van der Waals surface area contributed by atoms with Crippen LogP contribution in [0, 0.1) is 11.8 Å².